The Morgan fingerprint density at radius 2 is 2.44 bits per heavy atom. The Kier molecular flexibility index (Phi) is 6.72. The molecule has 1 atom stereocenters. The molecular formula is C12H20N2O2. The van der Waals surface area contributed by atoms with Crippen LogP contribution in [0.5, 0.6) is 0 Å². The van der Waals surface area contributed by atoms with E-state index in [1.54, 1.807) is 6.20 Å². The van der Waals surface area contributed by atoms with Gasteiger partial charge >= 0.3 is 0 Å². The molecule has 0 bridgehead atoms. The van der Waals surface area contributed by atoms with Crippen LogP contribution >= 0.6 is 0 Å². The second kappa shape index (κ2) is 8.21. The van der Waals surface area contributed by atoms with Crippen molar-refractivity contribution in [1.82, 2.24) is 10.3 Å². The van der Waals surface area contributed by atoms with Crippen molar-refractivity contribution in [2.45, 2.75) is 26.0 Å². The fourth-order valence-electron chi connectivity index (χ4n) is 1.31. The minimum Gasteiger partial charge on any atom is -0.389 e. The summed E-state index contributed by atoms with van der Waals surface area (Å²) in [7, 11) is 0. The van der Waals surface area contributed by atoms with E-state index < -0.39 is 6.10 Å². The molecule has 0 aliphatic carbocycles. The van der Waals surface area contributed by atoms with Crippen molar-refractivity contribution < 1.29 is 9.84 Å². The first-order valence-corrected chi connectivity index (χ1v) is 5.68. The summed E-state index contributed by atoms with van der Waals surface area (Å²) in [4.78, 5) is 4.02. The second-order valence-corrected chi connectivity index (χ2v) is 3.72. The summed E-state index contributed by atoms with van der Waals surface area (Å²) in [5, 5.41) is 12.7. The first kappa shape index (κ1) is 13.1. The third kappa shape index (κ3) is 5.80. The topological polar surface area (TPSA) is 54.4 Å². The van der Waals surface area contributed by atoms with Gasteiger partial charge in [-0.2, -0.15) is 0 Å². The van der Waals surface area contributed by atoms with Crippen LogP contribution in [0.3, 0.4) is 0 Å². The van der Waals surface area contributed by atoms with E-state index in [9.17, 15) is 5.11 Å². The zero-order valence-electron chi connectivity index (χ0n) is 9.72. The zero-order valence-corrected chi connectivity index (χ0v) is 9.72. The van der Waals surface area contributed by atoms with E-state index in [1.807, 2.05) is 25.3 Å². The number of aliphatic hydroxyl groups is 1. The zero-order chi connectivity index (χ0) is 11.6. The molecular weight excluding hydrogens is 204 g/mol. The maximum Gasteiger partial charge on any atom is 0.0897 e. The van der Waals surface area contributed by atoms with Crippen LogP contribution in [0.25, 0.3) is 0 Å². The van der Waals surface area contributed by atoms with E-state index in [2.05, 4.69) is 10.3 Å². The quantitative estimate of drug-likeness (QED) is 0.646. The lowest BCUT2D eigenvalue weighted by atomic mass is 10.3. The maximum absolute atomic E-state index is 9.55. The molecule has 0 radical (unpaired) electrons. The third-order valence-corrected chi connectivity index (χ3v) is 2.09. The Morgan fingerprint density at radius 1 is 1.56 bits per heavy atom. The highest BCUT2D eigenvalue weighted by Gasteiger charge is 2.03. The van der Waals surface area contributed by atoms with E-state index in [0.29, 0.717) is 19.8 Å². The molecule has 0 amide bonds. The molecule has 16 heavy (non-hydrogen) atoms. The number of aliphatic hydroxyl groups excluding tert-OH is 1. The molecule has 90 valence electrons. The van der Waals surface area contributed by atoms with Crippen molar-refractivity contribution >= 4 is 0 Å². The van der Waals surface area contributed by atoms with Crippen molar-refractivity contribution in [3.63, 3.8) is 0 Å². The predicted octanol–water partition coefficient (Wildman–Crippen LogP) is 0.959. The second-order valence-electron chi connectivity index (χ2n) is 3.72. The van der Waals surface area contributed by atoms with Crippen molar-refractivity contribution in [3.8, 4) is 0 Å². The van der Waals surface area contributed by atoms with E-state index in [0.717, 1.165) is 18.5 Å². The molecule has 1 aromatic heterocycles. The van der Waals surface area contributed by atoms with Gasteiger partial charge in [0.05, 0.1) is 12.7 Å². The molecule has 0 aliphatic heterocycles. The van der Waals surface area contributed by atoms with Gasteiger partial charge in [0.25, 0.3) is 0 Å². The average Bonchev–Trinajstić information content (AvgIpc) is 2.31. The van der Waals surface area contributed by atoms with Crippen LogP contribution < -0.4 is 5.32 Å². The van der Waals surface area contributed by atoms with Crippen LogP contribution in [0.4, 0.5) is 0 Å². The van der Waals surface area contributed by atoms with Gasteiger partial charge in [-0.3, -0.25) is 4.98 Å². The lowest BCUT2D eigenvalue weighted by Crippen LogP contribution is -2.30. The van der Waals surface area contributed by atoms with Crippen LogP contribution in [0.1, 0.15) is 18.9 Å². The van der Waals surface area contributed by atoms with E-state index in [-0.39, 0.29) is 0 Å². The minimum absolute atomic E-state index is 0.397. The largest absolute Gasteiger partial charge is 0.389 e. The molecule has 1 aromatic rings. The maximum atomic E-state index is 9.55. The molecule has 0 fully saturated rings. The van der Waals surface area contributed by atoms with Gasteiger partial charge in [-0.05, 0) is 18.1 Å². The first-order valence-electron chi connectivity index (χ1n) is 5.68. The van der Waals surface area contributed by atoms with Crippen molar-refractivity contribution in [2.24, 2.45) is 0 Å². The highest BCUT2D eigenvalue weighted by atomic mass is 16.5. The van der Waals surface area contributed by atoms with Crippen LogP contribution in [-0.4, -0.2) is 36.0 Å². The molecule has 4 heteroatoms. The first-order chi connectivity index (χ1) is 7.83. The van der Waals surface area contributed by atoms with Gasteiger partial charge < -0.3 is 15.2 Å². The predicted molar refractivity (Wildman–Crippen MR) is 63.1 cm³/mol. The van der Waals surface area contributed by atoms with Gasteiger partial charge in [-0.25, -0.2) is 0 Å². The number of ether oxygens (including phenoxy) is 1. The van der Waals surface area contributed by atoms with Crippen molar-refractivity contribution in [2.75, 3.05) is 19.8 Å². The highest BCUT2D eigenvalue weighted by molar-refractivity contribution is 5.07. The Bertz CT molecular complexity index is 267. The number of nitrogens with one attached hydrogen (secondary N) is 1. The number of nitrogens with zero attached hydrogens (tertiary/aromatic N) is 1. The molecule has 0 saturated carbocycles. The molecule has 0 saturated heterocycles. The van der Waals surface area contributed by atoms with Crippen molar-refractivity contribution in [1.29, 1.82) is 0 Å². The minimum atomic E-state index is -0.441. The summed E-state index contributed by atoms with van der Waals surface area (Å²) in [5.74, 6) is 0. The molecule has 0 spiro atoms. The molecule has 1 rings (SSSR count). The Balaban J connectivity index is 2.06. The lowest BCUT2D eigenvalue weighted by Gasteiger charge is -2.11. The summed E-state index contributed by atoms with van der Waals surface area (Å²) >= 11 is 0. The summed E-state index contributed by atoms with van der Waals surface area (Å²) in [6, 6.07) is 3.90. The van der Waals surface area contributed by atoms with Gasteiger partial charge in [0.15, 0.2) is 0 Å². The van der Waals surface area contributed by atoms with Gasteiger partial charge in [0.1, 0.15) is 0 Å². The molecule has 2 N–H and O–H groups in total. The highest BCUT2D eigenvalue weighted by Crippen LogP contribution is 1.94. The monoisotopic (exact) mass is 224 g/mol. The molecule has 1 unspecified atom stereocenters. The lowest BCUT2D eigenvalue weighted by molar-refractivity contribution is 0.0372. The SMILES string of the molecule is CCCOCC(O)CNCc1cccnc1. The normalized spacial score (nSPS) is 12.6. The summed E-state index contributed by atoms with van der Waals surface area (Å²) < 4.78 is 5.24. The standard InChI is InChI=1S/C12H20N2O2/c1-2-6-16-10-12(15)9-14-8-11-4-3-5-13-7-11/h3-5,7,12,14-15H,2,6,8-10H2,1H3. The number of hydrogen-bond acceptors (Lipinski definition) is 4. The Morgan fingerprint density at radius 3 is 3.12 bits per heavy atom. The fraction of sp³-hybridized carbons (Fsp3) is 0.583. The van der Waals surface area contributed by atoms with Crippen LogP contribution in [0.15, 0.2) is 24.5 Å². The number of aromatic nitrogens is 1. The number of hydrogen-bond donors (Lipinski definition) is 2. The van der Waals surface area contributed by atoms with Crippen LogP contribution in [-0.2, 0) is 11.3 Å². The Labute approximate surface area is 96.7 Å². The smallest absolute Gasteiger partial charge is 0.0897 e. The van der Waals surface area contributed by atoms with E-state index in [4.69, 9.17) is 4.74 Å². The van der Waals surface area contributed by atoms with Crippen molar-refractivity contribution in [3.05, 3.63) is 30.1 Å². The molecule has 1 heterocycles. The average molecular weight is 224 g/mol. The fourth-order valence-corrected chi connectivity index (χ4v) is 1.31. The van der Waals surface area contributed by atoms with Gasteiger partial charge in [-0.1, -0.05) is 13.0 Å². The van der Waals surface area contributed by atoms with Crippen LogP contribution in [0.2, 0.25) is 0 Å². The number of pyridine rings is 1. The summed E-state index contributed by atoms with van der Waals surface area (Å²) in [6.45, 7) is 4.41. The van der Waals surface area contributed by atoms with Gasteiger partial charge in [-0.15, -0.1) is 0 Å². The molecule has 4 nitrogen and oxygen atoms in total. The van der Waals surface area contributed by atoms with E-state index >= 15 is 0 Å². The van der Waals surface area contributed by atoms with E-state index in [1.165, 1.54) is 0 Å². The van der Waals surface area contributed by atoms with Gasteiger partial charge in [0, 0.05) is 32.1 Å². The van der Waals surface area contributed by atoms with Crippen LogP contribution in [0, 0.1) is 0 Å². The third-order valence-electron chi connectivity index (χ3n) is 2.09. The molecule has 0 aromatic carbocycles. The number of rotatable bonds is 8. The Hall–Kier alpha value is -0.970. The van der Waals surface area contributed by atoms with Gasteiger partial charge in [0.2, 0.25) is 0 Å². The summed E-state index contributed by atoms with van der Waals surface area (Å²) in [6.07, 6.45) is 4.10. The summed E-state index contributed by atoms with van der Waals surface area (Å²) in [5.41, 5.74) is 1.11. The molecule has 0 aliphatic rings.